The van der Waals surface area contributed by atoms with Crippen LogP contribution in [-0.4, -0.2) is 27.3 Å². The highest BCUT2D eigenvalue weighted by atomic mass is 32.1. The number of thiazole rings is 1. The summed E-state index contributed by atoms with van der Waals surface area (Å²) in [5.74, 6) is -0.389. The Bertz CT molecular complexity index is 1300. The van der Waals surface area contributed by atoms with Gasteiger partial charge in [0.1, 0.15) is 12.3 Å². The van der Waals surface area contributed by atoms with Gasteiger partial charge in [-0.1, -0.05) is 18.2 Å². The maximum Gasteiger partial charge on any atom is 0.387 e. The first kappa shape index (κ1) is 20.6. The van der Waals surface area contributed by atoms with E-state index in [1.54, 1.807) is 30.3 Å². The summed E-state index contributed by atoms with van der Waals surface area (Å²) in [6.07, 6.45) is 1.54. The molecule has 31 heavy (non-hydrogen) atoms. The zero-order valence-corrected chi connectivity index (χ0v) is 17.0. The first-order chi connectivity index (χ1) is 14.9. The highest BCUT2D eigenvalue weighted by Crippen LogP contribution is 2.31. The third-order valence-electron chi connectivity index (χ3n) is 4.45. The molecule has 2 aromatic heterocycles. The molecule has 2 aromatic carbocycles. The molecule has 4 rings (SSSR count). The van der Waals surface area contributed by atoms with Gasteiger partial charge in [-0.25, -0.2) is 9.67 Å². The van der Waals surface area contributed by atoms with Crippen LogP contribution in [0.3, 0.4) is 0 Å². The monoisotopic (exact) mass is 442 g/mol. The summed E-state index contributed by atoms with van der Waals surface area (Å²) in [5.41, 5.74) is 0.962. The highest BCUT2D eigenvalue weighted by molar-refractivity contribution is 7.16. The zero-order valence-electron chi connectivity index (χ0n) is 16.2. The van der Waals surface area contributed by atoms with Crippen LogP contribution in [0.15, 0.2) is 59.5 Å². The van der Waals surface area contributed by atoms with Crippen molar-refractivity contribution in [3.05, 3.63) is 70.0 Å². The molecule has 0 aliphatic carbocycles. The molecule has 0 radical (unpaired) electrons. The molecule has 0 bridgehead atoms. The van der Waals surface area contributed by atoms with Crippen LogP contribution in [0.25, 0.3) is 22.0 Å². The number of amides is 1. The largest absolute Gasteiger partial charge is 0.435 e. The Morgan fingerprint density at radius 3 is 2.68 bits per heavy atom. The minimum Gasteiger partial charge on any atom is -0.435 e. The van der Waals surface area contributed by atoms with Crippen LogP contribution in [0.2, 0.25) is 0 Å². The van der Waals surface area contributed by atoms with Crippen LogP contribution in [-0.2, 0) is 11.3 Å². The Morgan fingerprint density at radius 2 is 1.94 bits per heavy atom. The fourth-order valence-corrected chi connectivity index (χ4v) is 3.90. The number of ether oxygens (including phenoxy) is 1. The first-order valence-corrected chi connectivity index (χ1v) is 10.00. The lowest BCUT2D eigenvalue weighted by Gasteiger charge is -2.06. The van der Waals surface area contributed by atoms with Crippen LogP contribution in [0.5, 0.6) is 5.75 Å². The molecule has 7 nitrogen and oxygen atoms in total. The second kappa shape index (κ2) is 8.60. The number of nitrogens with zero attached hydrogens (tertiary/aromatic N) is 3. The summed E-state index contributed by atoms with van der Waals surface area (Å²) in [6.45, 7) is -1.31. The standard InChI is InChI=1S/C21H16F2N4O3S/c1-12-18(13-6-8-15(9-7-13)30-20(22)23)26-21(31-12)25-17(28)11-27-19(29)16-5-3-2-4-14(16)10-24-27/h2-10,20H,11H2,1H3,(H,25,26,28). The molecule has 1 N–H and O–H groups in total. The lowest BCUT2D eigenvalue weighted by atomic mass is 10.1. The summed E-state index contributed by atoms with van der Waals surface area (Å²) in [4.78, 5) is 30.2. The Labute approximate surface area is 178 Å². The van der Waals surface area contributed by atoms with Gasteiger partial charge in [-0.3, -0.25) is 9.59 Å². The molecule has 0 atom stereocenters. The molecule has 0 fully saturated rings. The average Bonchev–Trinajstić information content (AvgIpc) is 3.10. The van der Waals surface area contributed by atoms with Crippen molar-refractivity contribution in [2.75, 3.05) is 5.32 Å². The van der Waals surface area contributed by atoms with E-state index >= 15 is 0 Å². The normalized spacial score (nSPS) is 11.1. The number of anilines is 1. The number of rotatable bonds is 6. The highest BCUT2D eigenvalue weighted by Gasteiger charge is 2.14. The summed E-state index contributed by atoms with van der Waals surface area (Å²) in [5, 5.41) is 8.27. The molecule has 0 unspecified atom stereocenters. The number of hydrogen-bond donors (Lipinski definition) is 1. The van der Waals surface area contributed by atoms with E-state index in [1.165, 1.54) is 29.7 Å². The van der Waals surface area contributed by atoms with E-state index in [2.05, 4.69) is 20.1 Å². The fourth-order valence-electron chi connectivity index (χ4n) is 3.05. The average molecular weight is 442 g/mol. The smallest absolute Gasteiger partial charge is 0.387 e. The third kappa shape index (κ3) is 4.58. The van der Waals surface area contributed by atoms with Gasteiger partial charge in [-0.2, -0.15) is 13.9 Å². The molecule has 2 heterocycles. The van der Waals surface area contributed by atoms with Crippen LogP contribution < -0.4 is 15.6 Å². The summed E-state index contributed by atoms with van der Waals surface area (Å²) < 4.78 is 30.0. The van der Waals surface area contributed by atoms with Crippen LogP contribution in [0.4, 0.5) is 13.9 Å². The van der Waals surface area contributed by atoms with Gasteiger partial charge in [-0.05, 0) is 37.3 Å². The number of aromatic nitrogens is 3. The molecule has 4 aromatic rings. The molecule has 0 saturated carbocycles. The summed E-state index contributed by atoms with van der Waals surface area (Å²) in [6, 6.07) is 13.1. The van der Waals surface area contributed by atoms with Gasteiger partial charge in [0.15, 0.2) is 5.13 Å². The molecule has 0 spiro atoms. The van der Waals surface area contributed by atoms with Gasteiger partial charge in [0.2, 0.25) is 5.91 Å². The van der Waals surface area contributed by atoms with Crippen LogP contribution in [0.1, 0.15) is 4.88 Å². The molecule has 1 amide bonds. The lowest BCUT2D eigenvalue weighted by molar-refractivity contribution is -0.117. The van der Waals surface area contributed by atoms with E-state index in [0.29, 0.717) is 27.2 Å². The van der Waals surface area contributed by atoms with Crippen molar-refractivity contribution >= 4 is 33.1 Å². The Hall–Kier alpha value is -3.66. The molecule has 0 aliphatic heterocycles. The topological polar surface area (TPSA) is 86.1 Å². The van der Waals surface area contributed by atoms with Gasteiger partial charge in [0, 0.05) is 15.8 Å². The number of alkyl halides is 2. The van der Waals surface area contributed by atoms with Gasteiger partial charge in [0.25, 0.3) is 5.56 Å². The Morgan fingerprint density at radius 1 is 1.19 bits per heavy atom. The van der Waals surface area contributed by atoms with E-state index in [9.17, 15) is 18.4 Å². The number of carbonyl (C=O) groups is 1. The van der Waals surface area contributed by atoms with Crippen molar-refractivity contribution < 1.29 is 18.3 Å². The second-order valence-corrected chi connectivity index (χ2v) is 7.77. The number of aryl methyl sites for hydroxylation is 1. The molecule has 158 valence electrons. The Kier molecular flexibility index (Phi) is 5.72. The van der Waals surface area contributed by atoms with E-state index in [0.717, 1.165) is 9.56 Å². The minimum atomic E-state index is -2.89. The summed E-state index contributed by atoms with van der Waals surface area (Å²) >= 11 is 1.27. The second-order valence-electron chi connectivity index (χ2n) is 6.57. The van der Waals surface area contributed by atoms with E-state index in [4.69, 9.17) is 0 Å². The zero-order chi connectivity index (χ0) is 22.0. The van der Waals surface area contributed by atoms with Crippen molar-refractivity contribution in [3.8, 4) is 17.0 Å². The van der Waals surface area contributed by atoms with Crippen LogP contribution in [0, 0.1) is 6.92 Å². The predicted octanol–water partition coefficient (Wildman–Crippen LogP) is 4.07. The molecular weight excluding hydrogens is 426 g/mol. The molecule has 0 saturated heterocycles. The minimum absolute atomic E-state index is 0.0495. The SMILES string of the molecule is Cc1sc(NC(=O)Cn2ncc3ccccc3c2=O)nc1-c1ccc(OC(F)F)cc1. The number of carbonyl (C=O) groups excluding carboxylic acids is 1. The van der Waals surface area contributed by atoms with Crippen molar-refractivity contribution in [3.63, 3.8) is 0 Å². The van der Waals surface area contributed by atoms with Crippen LogP contribution >= 0.6 is 11.3 Å². The number of hydrogen-bond acceptors (Lipinski definition) is 6. The van der Waals surface area contributed by atoms with Gasteiger partial charge < -0.3 is 10.1 Å². The third-order valence-corrected chi connectivity index (χ3v) is 5.34. The molecule has 0 aliphatic rings. The maximum absolute atomic E-state index is 12.5. The van der Waals surface area contributed by atoms with Crippen molar-refractivity contribution in [1.82, 2.24) is 14.8 Å². The van der Waals surface area contributed by atoms with E-state index < -0.39 is 12.5 Å². The number of halogens is 2. The number of nitrogens with one attached hydrogen (secondary N) is 1. The number of fused-ring (bicyclic) bond motifs is 1. The molecular formula is C21H16F2N4O3S. The predicted molar refractivity (Wildman–Crippen MR) is 114 cm³/mol. The van der Waals surface area contributed by atoms with Crippen molar-refractivity contribution in [1.29, 1.82) is 0 Å². The maximum atomic E-state index is 12.5. The van der Waals surface area contributed by atoms with E-state index in [-0.39, 0.29) is 17.9 Å². The van der Waals surface area contributed by atoms with E-state index in [1.807, 2.05) is 13.0 Å². The summed E-state index contributed by atoms with van der Waals surface area (Å²) in [7, 11) is 0. The fraction of sp³-hybridized carbons (Fsp3) is 0.143. The number of benzene rings is 2. The van der Waals surface area contributed by atoms with Gasteiger partial charge in [0.05, 0.1) is 17.3 Å². The van der Waals surface area contributed by atoms with Crippen molar-refractivity contribution in [2.45, 2.75) is 20.1 Å². The van der Waals surface area contributed by atoms with Gasteiger partial charge >= 0.3 is 6.61 Å². The molecule has 10 heteroatoms. The lowest BCUT2D eigenvalue weighted by Crippen LogP contribution is -2.29. The Balaban J connectivity index is 1.48. The van der Waals surface area contributed by atoms with Gasteiger partial charge in [-0.15, -0.1) is 11.3 Å². The first-order valence-electron chi connectivity index (χ1n) is 9.18. The quantitative estimate of drug-likeness (QED) is 0.487. The van der Waals surface area contributed by atoms with Crippen molar-refractivity contribution in [2.24, 2.45) is 0 Å².